The van der Waals surface area contributed by atoms with Crippen molar-refractivity contribution in [3.63, 3.8) is 0 Å². The molecule has 6 nitrogen and oxygen atoms in total. The van der Waals surface area contributed by atoms with E-state index in [1.165, 1.54) is 0 Å². The number of nitrogens with zero attached hydrogens (tertiary/aromatic N) is 2. The van der Waals surface area contributed by atoms with Gasteiger partial charge >= 0.3 is 5.76 Å². The number of aliphatic hydroxyl groups is 1. The first kappa shape index (κ1) is 17.9. The van der Waals surface area contributed by atoms with Gasteiger partial charge < -0.3 is 14.3 Å². The molecule has 2 aromatic carbocycles. The van der Waals surface area contributed by atoms with Crippen molar-refractivity contribution < 1.29 is 14.3 Å². The maximum absolute atomic E-state index is 12.0. The number of hydrogen-bond acceptors (Lipinski definition) is 5. The molecule has 0 aliphatic heterocycles. The first-order valence-electron chi connectivity index (χ1n) is 8.46. The molecule has 0 fully saturated rings. The normalized spacial score (nSPS) is 12.2. The molecule has 0 saturated heterocycles. The number of ether oxygens (including phenoxy) is 1. The van der Waals surface area contributed by atoms with E-state index in [0.29, 0.717) is 5.56 Å². The van der Waals surface area contributed by atoms with Gasteiger partial charge in [0.25, 0.3) is 0 Å². The van der Waals surface area contributed by atoms with E-state index < -0.39 is 11.9 Å². The highest BCUT2D eigenvalue weighted by Crippen LogP contribution is 2.25. The van der Waals surface area contributed by atoms with Gasteiger partial charge in [0.15, 0.2) is 0 Å². The zero-order chi connectivity index (χ0) is 18.7. The lowest BCUT2D eigenvalue weighted by Gasteiger charge is -2.16. The van der Waals surface area contributed by atoms with Crippen LogP contribution in [0, 0.1) is 20.8 Å². The summed E-state index contributed by atoms with van der Waals surface area (Å²) in [7, 11) is 0. The lowest BCUT2D eigenvalue weighted by Crippen LogP contribution is -2.29. The lowest BCUT2D eigenvalue weighted by atomic mass is 10.1. The predicted molar refractivity (Wildman–Crippen MR) is 98.4 cm³/mol. The molecule has 0 bridgehead atoms. The van der Waals surface area contributed by atoms with Crippen molar-refractivity contribution in [1.29, 1.82) is 0 Å². The minimum absolute atomic E-state index is 0.000915. The van der Waals surface area contributed by atoms with Crippen molar-refractivity contribution in [2.75, 3.05) is 6.61 Å². The predicted octanol–water partition coefficient (Wildman–Crippen LogP) is 2.87. The minimum Gasteiger partial charge on any atom is -0.490 e. The molecule has 0 radical (unpaired) electrons. The van der Waals surface area contributed by atoms with Gasteiger partial charge in [0, 0.05) is 5.56 Å². The van der Waals surface area contributed by atoms with Crippen LogP contribution < -0.4 is 10.5 Å². The third-order valence-corrected chi connectivity index (χ3v) is 4.30. The molecule has 1 heterocycles. The Hall–Kier alpha value is -2.86. The SMILES string of the molecule is Cc1ccc(C)c(OC[C@@H](O)Cn2nc(-c3ccccc3)oc2=O)c1C. The Kier molecular flexibility index (Phi) is 5.23. The molecule has 1 N–H and O–H groups in total. The highest BCUT2D eigenvalue weighted by atomic mass is 16.5. The first-order valence-corrected chi connectivity index (χ1v) is 8.46. The summed E-state index contributed by atoms with van der Waals surface area (Å²) < 4.78 is 12.1. The van der Waals surface area contributed by atoms with Gasteiger partial charge in [-0.15, -0.1) is 5.10 Å². The standard InChI is InChI=1S/C20H22N2O4/c1-13-9-10-14(2)18(15(13)3)25-12-17(23)11-22-20(24)26-19(21-22)16-7-5-4-6-8-16/h4-10,17,23H,11-12H2,1-3H3/t17-/m0/s1. The molecule has 1 atom stereocenters. The first-order chi connectivity index (χ1) is 12.5. The Morgan fingerprint density at radius 3 is 2.54 bits per heavy atom. The van der Waals surface area contributed by atoms with Crippen LogP contribution in [0.15, 0.2) is 51.7 Å². The van der Waals surface area contributed by atoms with Gasteiger partial charge in [-0.05, 0) is 49.6 Å². The lowest BCUT2D eigenvalue weighted by molar-refractivity contribution is 0.0869. The van der Waals surface area contributed by atoms with Gasteiger partial charge in [-0.25, -0.2) is 4.79 Å². The number of aryl methyl sites for hydroxylation is 2. The smallest absolute Gasteiger partial charge is 0.437 e. The maximum Gasteiger partial charge on any atom is 0.437 e. The fourth-order valence-electron chi connectivity index (χ4n) is 2.70. The topological polar surface area (TPSA) is 77.5 Å². The largest absolute Gasteiger partial charge is 0.490 e. The average molecular weight is 354 g/mol. The third kappa shape index (κ3) is 3.86. The summed E-state index contributed by atoms with van der Waals surface area (Å²) in [6.45, 7) is 6.02. The van der Waals surface area contributed by atoms with Crippen LogP contribution in [0.1, 0.15) is 16.7 Å². The second-order valence-electron chi connectivity index (χ2n) is 6.34. The van der Waals surface area contributed by atoms with E-state index in [9.17, 15) is 9.90 Å². The Labute approximate surface area is 151 Å². The zero-order valence-corrected chi connectivity index (χ0v) is 15.1. The van der Waals surface area contributed by atoms with Gasteiger partial charge in [-0.3, -0.25) is 0 Å². The van der Waals surface area contributed by atoms with Gasteiger partial charge in [0.2, 0.25) is 5.89 Å². The molecule has 6 heteroatoms. The minimum atomic E-state index is -0.888. The number of rotatable bonds is 6. The van der Waals surface area contributed by atoms with Crippen LogP contribution in [0.4, 0.5) is 0 Å². The molecule has 0 unspecified atom stereocenters. The van der Waals surface area contributed by atoms with Gasteiger partial charge in [0.05, 0.1) is 6.54 Å². The van der Waals surface area contributed by atoms with Crippen LogP contribution in [-0.2, 0) is 6.54 Å². The Bertz CT molecular complexity index is 944. The van der Waals surface area contributed by atoms with Crippen LogP contribution in [0.25, 0.3) is 11.5 Å². The molecule has 0 spiro atoms. The fraction of sp³-hybridized carbons (Fsp3) is 0.300. The highest BCUT2D eigenvalue weighted by molar-refractivity contribution is 5.51. The van der Waals surface area contributed by atoms with E-state index in [1.54, 1.807) is 12.1 Å². The highest BCUT2D eigenvalue weighted by Gasteiger charge is 2.15. The summed E-state index contributed by atoms with van der Waals surface area (Å²) >= 11 is 0. The van der Waals surface area contributed by atoms with E-state index in [1.807, 2.05) is 51.1 Å². The van der Waals surface area contributed by atoms with E-state index in [0.717, 1.165) is 27.1 Å². The van der Waals surface area contributed by atoms with E-state index >= 15 is 0 Å². The monoisotopic (exact) mass is 354 g/mol. The Balaban J connectivity index is 1.68. The van der Waals surface area contributed by atoms with Gasteiger partial charge in [0.1, 0.15) is 18.5 Å². The molecule has 0 aliphatic rings. The second-order valence-corrected chi connectivity index (χ2v) is 6.34. The van der Waals surface area contributed by atoms with Crippen molar-refractivity contribution in [3.05, 3.63) is 69.7 Å². The zero-order valence-electron chi connectivity index (χ0n) is 15.1. The number of aromatic nitrogens is 2. The number of hydrogen-bond donors (Lipinski definition) is 1. The van der Waals surface area contributed by atoms with E-state index in [4.69, 9.17) is 9.15 Å². The van der Waals surface area contributed by atoms with Crippen molar-refractivity contribution in [3.8, 4) is 17.2 Å². The van der Waals surface area contributed by atoms with Crippen LogP contribution in [-0.4, -0.2) is 27.6 Å². The number of benzene rings is 2. The van der Waals surface area contributed by atoms with Gasteiger partial charge in [-0.2, -0.15) is 4.68 Å². The summed E-state index contributed by atoms with van der Waals surface area (Å²) in [5, 5.41) is 14.4. The van der Waals surface area contributed by atoms with Crippen molar-refractivity contribution >= 4 is 0 Å². The van der Waals surface area contributed by atoms with Crippen LogP contribution in [0.3, 0.4) is 0 Å². The van der Waals surface area contributed by atoms with Crippen molar-refractivity contribution in [2.24, 2.45) is 0 Å². The molecule has 0 saturated carbocycles. The second kappa shape index (κ2) is 7.58. The summed E-state index contributed by atoms with van der Waals surface area (Å²) in [6.07, 6.45) is -0.888. The van der Waals surface area contributed by atoms with E-state index in [-0.39, 0.29) is 19.0 Å². The summed E-state index contributed by atoms with van der Waals surface area (Å²) in [5.41, 5.74) is 3.88. The van der Waals surface area contributed by atoms with Crippen molar-refractivity contribution in [2.45, 2.75) is 33.4 Å². The Morgan fingerprint density at radius 2 is 1.81 bits per heavy atom. The van der Waals surface area contributed by atoms with Crippen LogP contribution >= 0.6 is 0 Å². The molecule has 0 aliphatic carbocycles. The summed E-state index contributed by atoms with van der Waals surface area (Å²) in [4.78, 5) is 12.0. The summed E-state index contributed by atoms with van der Waals surface area (Å²) in [5.74, 6) is 0.390. The third-order valence-electron chi connectivity index (χ3n) is 4.30. The molecular formula is C20H22N2O4. The quantitative estimate of drug-likeness (QED) is 0.736. The van der Waals surface area contributed by atoms with E-state index in [2.05, 4.69) is 5.10 Å². The maximum atomic E-state index is 12.0. The van der Waals surface area contributed by atoms with Crippen LogP contribution in [0.5, 0.6) is 5.75 Å². The Morgan fingerprint density at radius 1 is 1.12 bits per heavy atom. The van der Waals surface area contributed by atoms with Crippen LogP contribution in [0.2, 0.25) is 0 Å². The molecule has 0 amide bonds. The van der Waals surface area contributed by atoms with Crippen molar-refractivity contribution in [1.82, 2.24) is 9.78 Å². The molecular weight excluding hydrogens is 332 g/mol. The molecule has 3 aromatic rings. The fourth-order valence-corrected chi connectivity index (χ4v) is 2.70. The number of aliphatic hydroxyl groups excluding tert-OH is 1. The summed E-state index contributed by atoms with van der Waals surface area (Å²) in [6, 6.07) is 13.2. The molecule has 26 heavy (non-hydrogen) atoms. The molecule has 1 aromatic heterocycles. The van der Waals surface area contributed by atoms with Gasteiger partial charge in [-0.1, -0.05) is 30.3 Å². The molecule has 136 valence electrons. The average Bonchev–Trinajstić information content (AvgIpc) is 3.00. The molecule has 3 rings (SSSR count).